The van der Waals surface area contributed by atoms with E-state index in [9.17, 15) is 4.79 Å². The van der Waals surface area contributed by atoms with E-state index in [-0.39, 0.29) is 5.91 Å². The van der Waals surface area contributed by atoms with E-state index in [1.165, 1.54) is 51.4 Å². The van der Waals surface area contributed by atoms with Crippen molar-refractivity contribution in [3.8, 4) is 0 Å². The van der Waals surface area contributed by atoms with Gasteiger partial charge in [0.15, 0.2) is 0 Å². The molecule has 0 radical (unpaired) electrons. The maximum Gasteiger partial charge on any atom is 0.219 e. The highest BCUT2D eigenvalue weighted by molar-refractivity contribution is 5.75. The zero-order valence-corrected chi connectivity index (χ0v) is 12.1. The fourth-order valence-corrected chi connectivity index (χ4v) is 2.26. The molecule has 2 heteroatoms. The number of nitrogens with one attached hydrogen (secondary N) is 1. The molecule has 1 amide bonds. The Labute approximate surface area is 108 Å². The van der Waals surface area contributed by atoms with Gasteiger partial charge in [0.1, 0.15) is 0 Å². The van der Waals surface area contributed by atoms with Gasteiger partial charge in [0.25, 0.3) is 0 Å². The number of carbonyl (C=O) groups is 1. The second-order valence-corrected chi connectivity index (χ2v) is 5.07. The van der Waals surface area contributed by atoms with Crippen LogP contribution >= 0.6 is 0 Å². The van der Waals surface area contributed by atoms with Gasteiger partial charge in [0.2, 0.25) is 5.91 Å². The number of carbonyl (C=O) groups excluding carboxylic acids is 1. The third-order valence-corrected chi connectivity index (χ3v) is 3.49. The van der Waals surface area contributed by atoms with Gasteiger partial charge in [-0.05, 0) is 12.3 Å². The highest BCUT2D eigenvalue weighted by atomic mass is 16.1. The number of amides is 1. The van der Waals surface area contributed by atoms with Gasteiger partial charge < -0.3 is 5.32 Å². The first-order valence-corrected chi connectivity index (χ1v) is 7.45. The van der Waals surface area contributed by atoms with Crippen molar-refractivity contribution in [2.75, 3.05) is 7.05 Å². The highest BCUT2D eigenvalue weighted by Gasteiger charge is 2.10. The number of unbranched alkanes of at least 4 members (excludes halogenated alkanes) is 4. The lowest BCUT2D eigenvalue weighted by Gasteiger charge is -2.16. The molecule has 0 aromatic heterocycles. The highest BCUT2D eigenvalue weighted by Crippen LogP contribution is 2.22. The van der Waals surface area contributed by atoms with Gasteiger partial charge in [-0.2, -0.15) is 0 Å². The van der Waals surface area contributed by atoms with Crippen LogP contribution in [0.4, 0.5) is 0 Å². The van der Waals surface area contributed by atoms with Crippen LogP contribution in [0, 0.1) is 5.92 Å². The zero-order chi connectivity index (χ0) is 12.9. The molecule has 0 rings (SSSR count). The van der Waals surface area contributed by atoms with Gasteiger partial charge in [-0.3, -0.25) is 4.79 Å². The van der Waals surface area contributed by atoms with Crippen molar-refractivity contribution in [3.05, 3.63) is 0 Å². The van der Waals surface area contributed by atoms with Crippen LogP contribution in [0.15, 0.2) is 0 Å². The van der Waals surface area contributed by atoms with Crippen molar-refractivity contribution >= 4 is 5.91 Å². The van der Waals surface area contributed by atoms with E-state index in [4.69, 9.17) is 0 Å². The average molecular weight is 241 g/mol. The molecule has 17 heavy (non-hydrogen) atoms. The lowest BCUT2D eigenvalue weighted by Crippen LogP contribution is -2.18. The Balaban J connectivity index is 3.79. The van der Waals surface area contributed by atoms with Crippen molar-refractivity contribution in [2.45, 2.75) is 78.1 Å². The summed E-state index contributed by atoms with van der Waals surface area (Å²) >= 11 is 0. The summed E-state index contributed by atoms with van der Waals surface area (Å²) in [5.41, 5.74) is 0. The average Bonchev–Trinajstić information content (AvgIpc) is 2.35. The summed E-state index contributed by atoms with van der Waals surface area (Å²) in [6.45, 7) is 4.49. The minimum absolute atomic E-state index is 0.195. The number of hydrogen-bond donors (Lipinski definition) is 1. The van der Waals surface area contributed by atoms with Gasteiger partial charge in [0.05, 0.1) is 0 Å². The topological polar surface area (TPSA) is 29.1 Å². The normalized spacial score (nSPS) is 10.8. The molecule has 0 saturated heterocycles. The molecule has 0 aromatic carbocycles. The van der Waals surface area contributed by atoms with E-state index in [0.717, 1.165) is 12.3 Å². The van der Waals surface area contributed by atoms with E-state index in [1.54, 1.807) is 7.05 Å². The Morgan fingerprint density at radius 2 is 1.47 bits per heavy atom. The second kappa shape index (κ2) is 11.9. The van der Waals surface area contributed by atoms with Crippen LogP contribution in [0.5, 0.6) is 0 Å². The fraction of sp³-hybridized carbons (Fsp3) is 0.933. The van der Waals surface area contributed by atoms with Crippen molar-refractivity contribution in [1.29, 1.82) is 0 Å². The molecule has 0 unspecified atom stereocenters. The third kappa shape index (κ3) is 10.3. The molecule has 0 atom stereocenters. The van der Waals surface area contributed by atoms with Crippen molar-refractivity contribution in [2.24, 2.45) is 5.92 Å². The van der Waals surface area contributed by atoms with Gasteiger partial charge in [-0.1, -0.05) is 65.2 Å². The Kier molecular flexibility index (Phi) is 11.6. The lowest BCUT2D eigenvalue weighted by atomic mass is 9.91. The van der Waals surface area contributed by atoms with Gasteiger partial charge in [-0.25, -0.2) is 0 Å². The van der Waals surface area contributed by atoms with Crippen LogP contribution in [0.1, 0.15) is 78.1 Å². The van der Waals surface area contributed by atoms with Crippen LogP contribution in [0.25, 0.3) is 0 Å². The summed E-state index contributed by atoms with van der Waals surface area (Å²) in [6, 6.07) is 0. The summed E-state index contributed by atoms with van der Waals surface area (Å²) in [7, 11) is 1.73. The lowest BCUT2D eigenvalue weighted by molar-refractivity contribution is -0.120. The molecule has 102 valence electrons. The first kappa shape index (κ1) is 16.5. The maximum atomic E-state index is 11.3. The van der Waals surface area contributed by atoms with E-state index < -0.39 is 0 Å². The predicted octanol–water partition coefficient (Wildman–Crippen LogP) is 4.29. The van der Waals surface area contributed by atoms with Crippen LogP contribution in [-0.4, -0.2) is 13.0 Å². The van der Waals surface area contributed by atoms with Crippen LogP contribution in [-0.2, 0) is 4.79 Å². The molecule has 0 aliphatic rings. The molecular weight excluding hydrogens is 210 g/mol. The summed E-state index contributed by atoms with van der Waals surface area (Å²) in [5.74, 6) is 0.964. The first-order chi connectivity index (χ1) is 8.24. The minimum atomic E-state index is 0.195. The monoisotopic (exact) mass is 241 g/mol. The van der Waals surface area contributed by atoms with Crippen molar-refractivity contribution < 1.29 is 4.79 Å². The van der Waals surface area contributed by atoms with Crippen molar-refractivity contribution in [3.63, 3.8) is 0 Å². The Morgan fingerprint density at radius 1 is 0.941 bits per heavy atom. The van der Waals surface area contributed by atoms with Crippen LogP contribution < -0.4 is 5.32 Å². The van der Waals surface area contributed by atoms with Gasteiger partial charge in [0, 0.05) is 13.5 Å². The predicted molar refractivity (Wildman–Crippen MR) is 75.1 cm³/mol. The Bertz CT molecular complexity index is 170. The summed E-state index contributed by atoms with van der Waals surface area (Å²) < 4.78 is 0. The molecular formula is C15H31NO. The Morgan fingerprint density at radius 3 is 1.88 bits per heavy atom. The Hall–Kier alpha value is -0.530. The molecule has 0 aromatic rings. The van der Waals surface area contributed by atoms with E-state index in [1.807, 2.05) is 0 Å². The van der Waals surface area contributed by atoms with Gasteiger partial charge >= 0.3 is 0 Å². The fourth-order valence-electron chi connectivity index (χ4n) is 2.26. The molecule has 0 bridgehead atoms. The smallest absolute Gasteiger partial charge is 0.219 e. The van der Waals surface area contributed by atoms with E-state index >= 15 is 0 Å². The molecule has 0 fully saturated rings. The summed E-state index contributed by atoms with van der Waals surface area (Å²) in [5, 5.41) is 2.72. The first-order valence-electron chi connectivity index (χ1n) is 7.45. The molecule has 1 N–H and O–H groups in total. The molecule has 0 saturated carbocycles. The minimum Gasteiger partial charge on any atom is -0.359 e. The quantitative estimate of drug-likeness (QED) is 0.537. The third-order valence-electron chi connectivity index (χ3n) is 3.49. The van der Waals surface area contributed by atoms with Crippen LogP contribution in [0.2, 0.25) is 0 Å². The SMILES string of the molecule is CCCCCC(CCCCC)CCC(=O)NC. The van der Waals surface area contributed by atoms with Gasteiger partial charge in [-0.15, -0.1) is 0 Å². The number of rotatable bonds is 11. The molecule has 0 spiro atoms. The molecule has 2 nitrogen and oxygen atoms in total. The number of hydrogen-bond acceptors (Lipinski definition) is 1. The van der Waals surface area contributed by atoms with Crippen LogP contribution in [0.3, 0.4) is 0 Å². The molecule has 0 aliphatic carbocycles. The molecule has 0 heterocycles. The second-order valence-electron chi connectivity index (χ2n) is 5.07. The molecule has 0 aliphatic heterocycles. The van der Waals surface area contributed by atoms with E-state index in [0.29, 0.717) is 6.42 Å². The summed E-state index contributed by atoms with van der Waals surface area (Å²) in [4.78, 5) is 11.3. The summed E-state index contributed by atoms with van der Waals surface area (Å²) in [6.07, 6.45) is 12.3. The maximum absolute atomic E-state index is 11.3. The largest absolute Gasteiger partial charge is 0.359 e. The zero-order valence-electron chi connectivity index (χ0n) is 12.1. The standard InChI is InChI=1S/C15H31NO/c1-4-6-8-10-14(11-9-7-5-2)12-13-15(17)16-3/h14H,4-13H2,1-3H3,(H,16,17). The van der Waals surface area contributed by atoms with Crippen molar-refractivity contribution in [1.82, 2.24) is 5.32 Å². The van der Waals surface area contributed by atoms with E-state index in [2.05, 4.69) is 19.2 Å².